The zero-order valence-electron chi connectivity index (χ0n) is 9.52. The van der Waals surface area contributed by atoms with Gasteiger partial charge in [-0.15, -0.1) is 0 Å². The SMILES string of the molecule is O=C(O)C(O)C(O)(Cc1ccc(O)c(O)c1)C(=O)O. The molecule has 0 aliphatic heterocycles. The third kappa shape index (κ3) is 2.92. The molecule has 1 aromatic rings. The van der Waals surface area contributed by atoms with E-state index >= 15 is 0 Å². The molecule has 0 saturated heterocycles. The first kappa shape index (κ1) is 14.7. The van der Waals surface area contributed by atoms with Crippen LogP contribution in [-0.4, -0.2) is 54.3 Å². The Morgan fingerprint density at radius 2 is 1.74 bits per heavy atom. The summed E-state index contributed by atoms with van der Waals surface area (Å²) in [5.41, 5.74) is -2.92. The Labute approximate surface area is 106 Å². The summed E-state index contributed by atoms with van der Waals surface area (Å²) in [6.45, 7) is 0. The fraction of sp³-hybridized carbons (Fsp3) is 0.273. The summed E-state index contributed by atoms with van der Waals surface area (Å²) in [6.07, 6.45) is -3.30. The van der Waals surface area contributed by atoms with Gasteiger partial charge >= 0.3 is 11.9 Å². The van der Waals surface area contributed by atoms with E-state index in [1.807, 2.05) is 0 Å². The highest BCUT2D eigenvalue weighted by Gasteiger charge is 2.47. The number of hydrogen-bond donors (Lipinski definition) is 6. The lowest BCUT2D eigenvalue weighted by Gasteiger charge is -2.26. The molecule has 6 N–H and O–H groups in total. The lowest BCUT2D eigenvalue weighted by Crippen LogP contribution is -2.54. The topological polar surface area (TPSA) is 156 Å². The minimum Gasteiger partial charge on any atom is -0.504 e. The molecule has 0 aromatic heterocycles. The molecular weight excluding hydrogens is 260 g/mol. The maximum atomic E-state index is 10.9. The van der Waals surface area contributed by atoms with Gasteiger partial charge in [0.05, 0.1) is 0 Å². The summed E-state index contributed by atoms with van der Waals surface area (Å²) in [6, 6.07) is 3.18. The Morgan fingerprint density at radius 1 is 1.16 bits per heavy atom. The second kappa shape index (κ2) is 5.12. The van der Waals surface area contributed by atoms with Crippen molar-refractivity contribution < 1.29 is 40.2 Å². The Morgan fingerprint density at radius 3 is 2.16 bits per heavy atom. The Kier molecular flexibility index (Phi) is 3.98. The number of rotatable bonds is 5. The quantitative estimate of drug-likeness (QED) is 0.369. The van der Waals surface area contributed by atoms with Crippen molar-refractivity contribution in [2.75, 3.05) is 0 Å². The highest BCUT2D eigenvalue weighted by molar-refractivity contribution is 5.87. The number of benzene rings is 1. The highest BCUT2D eigenvalue weighted by Crippen LogP contribution is 2.28. The molecule has 0 radical (unpaired) electrons. The van der Waals surface area contributed by atoms with Crippen molar-refractivity contribution in [2.24, 2.45) is 0 Å². The van der Waals surface area contributed by atoms with Crippen molar-refractivity contribution in [3.8, 4) is 11.5 Å². The van der Waals surface area contributed by atoms with E-state index in [-0.39, 0.29) is 5.56 Å². The molecular formula is C11H12O8. The predicted molar refractivity (Wildman–Crippen MR) is 59.7 cm³/mol. The zero-order valence-corrected chi connectivity index (χ0v) is 9.52. The van der Waals surface area contributed by atoms with E-state index in [0.717, 1.165) is 12.1 Å². The number of aliphatic hydroxyl groups excluding tert-OH is 1. The number of aliphatic hydroxyl groups is 2. The van der Waals surface area contributed by atoms with E-state index < -0.39 is 41.6 Å². The van der Waals surface area contributed by atoms with Gasteiger partial charge in [-0.05, 0) is 17.7 Å². The molecule has 8 heteroatoms. The predicted octanol–water partition coefficient (Wildman–Crippen LogP) is -1.10. The smallest absolute Gasteiger partial charge is 0.339 e. The molecule has 2 atom stereocenters. The molecule has 19 heavy (non-hydrogen) atoms. The third-order valence-electron chi connectivity index (χ3n) is 2.57. The van der Waals surface area contributed by atoms with Crippen LogP contribution in [0.15, 0.2) is 18.2 Å². The number of phenolic OH excluding ortho intramolecular Hbond substituents is 2. The molecule has 0 fully saturated rings. The number of aliphatic carboxylic acids is 2. The van der Waals surface area contributed by atoms with Crippen LogP contribution in [0, 0.1) is 0 Å². The van der Waals surface area contributed by atoms with Gasteiger partial charge in [0.1, 0.15) is 0 Å². The Hall–Kier alpha value is -2.32. The van der Waals surface area contributed by atoms with Gasteiger partial charge in [-0.25, -0.2) is 9.59 Å². The maximum absolute atomic E-state index is 10.9. The minimum absolute atomic E-state index is 0.0282. The van der Waals surface area contributed by atoms with Crippen LogP contribution in [0.1, 0.15) is 5.56 Å². The summed E-state index contributed by atoms with van der Waals surface area (Å²) in [7, 11) is 0. The molecule has 0 heterocycles. The van der Waals surface area contributed by atoms with Crippen molar-refractivity contribution >= 4 is 11.9 Å². The van der Waals surface area contributed by atoms with Crippen LogP contribution in [-0.2, 0) is 16.0 Å². The number of aromatic hydroxyl groups is 2. The normalized spacial score (nSPS) is 15.5. The minimum atomic E-state index is -2.95. The van der Waals surface area contributed by atoms with Crippen LogP contribution in [0.3, 0.4) is 0 Å². The molecule has 0 aliphatic rings. The summed E-state index contributed by atoms with van der Waals surface area (Å²) >= 11 is 0. The van der Waals surface area contributed by atoms with Crippen LogP contribution in [0.4, 0.5) is 0 Å². The second-order valence-electron chi connectivity index (χ2n) is 3.97. The fourth-order valence-electron chi connectivity index (χ4n) is 1.48. The average Bonchev–Trinajstić information content (AvgIpc) is 2.32. The van der Waals surface area contributed by atoms with E-state index in [2.05, 4.69) is 0 Å². The van der Waals surface area contributed by atoms with Crippen molar-refractivity contribution in [1.29, 1.82) is 0 Å². The molecule has 8 nitrogen and oxygen atoms in total. The first-order chi connectivity index (χ1) is 8.68. The molecule has 0 aliphatic carbocycles. The number of carbonyl (C=O) groups is 2. The van der Waals surface area contributed by atoms with E-state index in [4.69, 9.17) is 15.3 Å². The fourth-order valence-corrected chi connectivity index (χ4v) is 1.48. The van der Waals surface area contributed by atoms with Gasteiger partial charge in [-0.1, -0.05) is 6.07 Å². The lowest BCUT2D eigenvalue weighted by molar-refractivity contribution is -0.183. The molecule has 104 valence electrons. The Balaban J connectivity index is 3.12. The molecule has 0 amide bonds. The van der Waals surface area contributed by atoms with Gasteiger partial charge < -0.3 is 30.6 Å². The van der Waals surface area contributed by atoms with E-state index in [1.165, 1.54) is 6.07 Å². The van der Waals surface area contributed by atoms with Crippen molar-refractivity contribution in [3.05, 3.63) is 23.8 Å². The number of hydrogen-bond acceptors (Lipinski definition) is 6. The molecule has 1 aromatic carbocycles. The van der Waals surface area contributed by atoms with E-state index in [0.29, 0.717) is 0 Å². The summed E-state index contributed by atoms with van der Waals surface area (Å²) in [4.78, 5) is 21.5. The maximum Gasteiger partial charge on any atom is 0.339 e. The van der Waals surface area contributed by atoms with Crippen LogP contribution >= 0.6 is 0 Å². The van der Waals surface area contributed by atoms with Crippen molar-refractivity contribution in [1.82, 2.24) is 0 Å². The van der Waals surface area contributed by atoms with E-state index in [1.54, 1.807) is 0 Å². The van der Waals surface area contributed by atoms with Gasteiger partial charge in [0.2, 0.25) is 5.60 Å². The third-order valence-corrected chi connectivity index (χ3v) is 2.57. The molecule has 1 rings (SSSR count). The molecule has 0 bridgehead atoms. The summed E-state index contributed by atoms with van der Waals surface area (Å²) in [5.74, 6) is -4.83. The summed E-state index contributed by atoms with van der Waals surface area (Å²) < 4.78 is 0. The van der Waals surface area contributed by atoms with Crippen LogP contribution < -0.4 is 0 Å². The van der Waals surface area contributed by atoms with Gasteiger partial charge in [-0.2, -0.15) is 0 Å². The van der Waals surface area contributed by atoms with Crippen LogP contribution in [0.5, 0.6) is 11.5 Å². The summed E-state index contributed by atoms with van der Waals surface area (Å²) in [5, 5.41) is 54.8. The first-order valence-electron chi connectivity index (χ1n) is 5.06. The molecule has 0 spiro atoms. The first-order valence-corrected chi connectivity index (χ1v) is 5.06. The van der Waals surface area contributed by atoms with E-state index in [9.17, 15) is 24.9 Å². The highest BCUT2D eigenvalue weighted by atomic mass is 16.4. The van der Waals surface area contributed by atoms with Crippen molar-refractivity contribution in [2.45, 2.75) is 18.1 Å². The average molecular weight is 272 g/mol. The number of carboxylic acid groups (broad SMARTS) is 2. The zero-order chi connectivity index (χ0) is 14.8. The molecule has 2 unspecified atom stereocenters. The number of phenols is 2. The Bertz CT molecular complexity index is 511. The standard InChI is InChI=1S/C11H12O8/c12-6-2-1-5(3-7(6)13)4-11(19,10(17)18)8(14)9(15)16/h1-3,8,12-14,19H,4H2,(H,15,16)(H,17,18). The lowest BCUT2D eigenvalue weighted by atomic mass is 9.89. The van der Waals surface area contributed by atoms with Gasteiger partial charge in [-0.3, -0.25) is 0 Å². The van der Waals surface area contributed by atoms with Crippen LogP contribution in [0.25, 0.3) is 0 Å². The number of carboxylic acids is 2. The van der Waals surface area contributed by atoms with Gasteiger partial charge in [0, 0.05) is 6.42 Å². The van der Waals surface area contributed by atoms with Crippen LogP contribution in [0.2, 0.25) is 0 Å². The monoisotopic (exact) mass is 272 g/mol. The largest absolute Gasteiger partial charge is 0.504 e. The van der Waals surface area contributed by atoms with Crippen molar-refractivity contribution in [3.63, 3.8) is 0 Å². The van der Waals surface area contributed by atoms with Gasteiger partial charge in [0.15, 0.2) is 17.6 Å². The molecule has 0 saturated carbocycles. The second-order valence-corrected chi connectivity index (χ2v) is 3.97. The van der Waals surface area contributed by atoms with Gasteiger partial charge in [0.25, 0.3) is 0 Å².